The molecule has 2 N–H and O–H groups in total. The Morgan fingerprint density at radius 3 is 3.00 bits per heavy atom. The van der Waals surface area contributed by atoms with Crippen LogP contribution in [0.1, 0.15) is 41.3 Å². The minimum Gasteiger partial charge on any atom is -0.324 e. The molecule has 0 saturated carbocycles. The van der Waals surface area contributed by atoms with Crippen LogP contribution in [0.3, 0.4) is 0 Å². The summed E-state index contributed by atoms with van der Waals surface area (Å²) < 4.78 is 2.08. The average molecular weight is 241 g/mol. The van der Waals surface area contributed by atoms with Gasteiger partial charge in [-0.1, -0.05) is 12.1 Å². The highest BCUT2D eigenvalue weighted by molar-refractivity contribution is 5.45. The molecule has 1 atom stereocenters. The SMILES string of the molecule is Cc1ccc(C)c(-n2ncc3c2CCCC3N)c1. The molecule has 94 valence electrons. The van der Waals surface area contributed by atoms with E-state index in [0.717, 1.165) is 19.3 Å². The highest BCUT2D eigenvalue weighted by atomic mass is 15.3. The molecule has 0 saturated heterocycles. The van der Waals surface area contributed by atoms with Crippen molar-refractivity contribution in [2.45, 2.75) is 39.2 Å². The second-order valence-electron chi connectivity index (χ2n) is 5.25. The lowest BCUT2D eigenvalue weighted by Gasteiger charge is -2.20. The van der Waals surface area contributed by atoms with E-state index in [1.165, 1.54) is 28.1 Å². The molecule has 0 aliphatic heterocycles. The van der Waals surface area contributed by atoms with Gasteiger partial charge in [0.2, 0.25) is 0 Å². The first-order valence-electron chi connectivity index (χ1n) is 6.57. The van der Waals surface area contributed by atoms with Crippen LogP contribution < -0.4 is 5.73 Å². The fourth-order valence-electron chi connectivity index (χ4n) is 2.75. The third-order valence-electron chi connectivity index (χ3n) is 3.82. The molecule has 1 heterocycles. The van der Waals surface area contributed by atoms with Crippen molar-refractivity contribution in [2.24, 2.45) is 5.73 Å². The predicted octanol–water partition coefficient (Wildman–Crippen LogP) is 2.83. The molecular formula is C15H19N3. The number of benzene rings is 1. The predicted molar refractivity (Wildman–Crippen MR) is 72.9 cm³/mol. The second-order valence-corrected chi connectivity index (χ2v) is 5.25. The Hall–Kier alpha value is -1.61. The van der Waals surface area contributed by atoms with Crippen molar-refractivity contribution in [1.29, 1.82) is 0 Å². The average Bonchev–Trinajstić information content (AvgIpc) is 2.77. The fourth-order valence-corrected chi connectivity index (χ4v) is 2.75. The summed E-state index contributed by atoms with van der Waals surface area (Å²) in [6.07, 6.45) is 5.26. The molecule has 3 heteroatoms. The van der Waals surface area contributed by atoms with Gasteiger partial charge in [0, 0.05) is 17.3 Å². The smallest absolute Gasteiger partial charge is 0.0680 e. The largest absolute Gasteiger partial charge is 0.324 e. The number of fused-ring (bicyclic) bond motifs is 1. The summed E-state index contributed by atoms with van der Waals surface area (Å²) in [6.45, 7) is 4.25. The summed E-state index contributed by atoms with van der Waals surface area (Å²) in [7, 11) is 0. The molecule has 3 rings (SSSR count). The topological polar surface area (TPSA) is 43.8 Å². The number of aryl methyl sites for hydroxylation is 2. The van der Waals surface area contributed by atoms with E-state index < -0.39 is 0 Å². The van der Waals surface area contributed by atoms with E-state index in [9.17, 15) is 0 Å². The van der Waals surface area contributed by atoms with Gasteiger partial charge >= 0.3 is 0 Å². The molecule has 1 unspecified atom stereocenters. The molecule has 1 aliphatic carbocycles. The summed E-state index contributed by atoms with van der Waals surface area (Å²) in [5, 5.41) is 4.56. The second kappa shape index (κ2) is 4.25. The third-order valence-corrected chi connectivity index (χ3v) is 3.82. The highest BCUT2D eigenvalue weighted by Gasteiger charge is 2.22. The maximum atomic E-state index is 6.15. The summed E-state index contributed by atoms with van der Waals surface area (Å²) >= 11 is 0. The van der Waals surface area contributed by atoms with Crippen molar-refractivity contribution < 1.29 is 0 Å². The molecule has 0 bridgehead atoms. The molecular weight excluding hydrogens is 222 g/mol. The molecule has 0 spiro atoms. The third kappa shape index (κ3) is 1.75. The number of hydrogen-bond donors (Lipinski definition) is 1. The lowest BCUT2D eigenvalue weighted by Crippen LogP contribution is -2.18. The summed E-state index contributed by atoms with van der Waals surface area (Å²) in [4.78, 5) is 0. The fraction of sp³-hybridized carbons (Fsp3) is 0.400. The Morgan fingerprint density at radius 1 is 1.33 bits per heavy atom. The molecule has 0 fully saturated rings. The van der Waals surface area contributed by atoms with Gasteiger partial charge in [-0.15, -0.1) is 0 Å². The Kier molecular flexibility index (Phi) is 2.71. The van der Waals surface area contributed by atoms with Gasteiger partial charge in [0.25, 0.3) is 0 Å². The van der Waals surface area contributed by atoms with Gasteiger partial charge in [0.05, 0.1) is 11.9 Å². The number of rotatable bonds is 1. The maximum Gasteiger partial charge on any atom is 0.0680 e. The molecule has 0 radical (unpaired) electrons. The van der Waals surface area contributed by atoms with E-state index in [0.29, 0.717) is 0 Å². The van der Waals surface area contributed by atoms with E-state index in [1.807, 2.05) is 6.20 Å². The standard InChI is InChI=1S/C15H19N3/c1-10-6-7-11(2)15(8-10)18-14-5-3-4-13(16)12(14)9-17-18/h6-9,13H,3-5,16H2,1-2H3. The van der Waals surface area contributed by atoms with E-state index in [4.69, 9.17) is 5.73 Å². The Balaban J connectivity index is 2.15. The van der Waals surface area contributed by atoms with Crippen LogP contribution in [0.4, 0.5) is 0 Å². The first-order valence-corrected chi connectivity index (χ1v) is 6.57. The summed E-state index contributed by atoms with van der Waals surface area (Å²) in [5.41, 5.74) is 12.4. The zero-order valence-electron chi connectivity index (χ0n) is 11.0. The number of nitrogens with two attached hydrogens (primary N) is 1. The van der Waals surface area contributed by atoms with Crippen molar-refractivity contribution in [3.63, 3.8) is 0 Å². The van der Waals surface area contributed by atoms with Gasteiger partial charge in [0.1, 0.15) is 0 Å². The Labute approximate surface area is 108 Å². The minimum absolute atomic E-state index is 0.160. The van der Waals surface area contributed by atoms with Gasteiger partial charge in [-0.25, -0.2) is 4.68 Å². The number of nitrogens with zero attached hydrogens (tertiary/aromatic N) is 2. The van der Waals surface area contributed by atoms with Crippen LogP contribution in [0.15, 0.2) is 24.4 Å². The van der Waals surface area contributed by atoms with Crippen molar-refractivity contribution in [3.8, 4) is 5.69 Å². The van der Waals surface area contributed by atoms with Crippen molar-refractivity contribution in [1.82, 2.24) is 9.78 Å². The van der Waals surface area contributed by atoms with Crippen LogP contribution in [0.2, 0.25) is 0 Å². The van der Waals surface area contributed by atoms with Gasteiger partial charge in [-0.3, -0.25) is 0 Å². The molecule has 1 aromatic heterocycles. The monoisotopic (exact) mass is 241 g/mol. The highest BCUT2D eigenvalue weighted by Crippen LogP contribution is 2.30. The number of hydrogen-bond acceptors (Lipinski definition) is 2. The molecule has 2 aromatic rings. The molecule has 0 amide bonds. The van der Waals surface area contributed by atoms with Crippen LogP contribution in [0, 0.1) is 13.8 Å². The minimum atomic E-state index is 0.160. The normalized spacial score (nSPS) is 18.7. The van der Waals surface area contributed by atoms with Crippen LogP contribution in [0.25, 0.3) is 5.69 Å². The van der Waals surface area contributed by atoms with Gasteiger partial charge in [-0.05, 0) is 50.3 Å². The number of aromatic nitrogens is 2. The molecule has 3 nitrogen and oxygen atoms in total. The van der Waals surface area contributed by atoms with E-state index >= 15 is 0 Å². The zero-order valence-corrected chi connectivity index (χ0v) is 11.0. The molecule has 18 heavy (non-hydrogen) atoms. The zero-order chi connectivity index (χ0) is 12.7. The summed E-state index contributed by atoms with van der Waals surface area (Å²) in [5.74, 6) is 0. The molecule has 1 aromatic carbocycles. The van der Waals surface area contributed by atoms with Crippen LogP contribution in [-0.4, -0.2) is 9.78 Å². The van der Waals surface area contributed by atoms with E-state index in [1.54, 1.807) is 0 Å². The van der Waals surface area contributed by atoms with Crippen LogP contribution in [-0.2, 0) is 6.42 Å². The van der Waals surface area contributed by atoms with Gasteiger partial charge in [0.15, 0.2) is 0 Å². The lowest BCUT2D eigenvalue weighted by atomic mass is 9.93. The molecule has 1 aliphatic rings. The summed E-state index contributed by atoms with van der Waals surface area (Å²) in [6, 6.07) is 6.65. The van der Waals surface area contributed by atoms with Gasteiger partial charge in [-0.2, -0.15) is 5.10 Å². The van der Waals surface area contributed by atoms with Gasteiger partial charge < -0.3 is 5.73 Å². The maximum absolute atomic E-state index is 6.15. The lowest BCUT2D eigenvalue weighted by molar-refractivity contribution is 0.557. The quantitative estimate of drug-likeness (QED) is 0.834. The first kappa shape index (κ1) is 11.5. The van der Waals surface area contributed by atoms with Crippen molar-refractivity contribution in [3.05, 3.63) is 46.8 Å². The van der Waals surface area contributed by atoms with Crippen LogP contribution in [0.5, 0.6) is 0 Å². The van der Waals surface area contributed by atoms with Crippen molar-refractivity contribution >= 4 is 0 Å². The van der Waals surface area contributed by atoms with Crippen LogP contribution >= 0.6 is 0 Å². The van der Waals surface area contributed by atoms with E-state index in [-0.39, 0.29) is 6.04 Å². The Bertz CT molecular complexity index is 583. The van der Waals surface area contributed by atoms with Crippen molar-refractivity contribution in [2.75, 3.05) is 0 Å². The van der Waals surface area contributed by atoms with E-state index in [2.05, 4.69) is 41.8 Å². The Morgan fingerprint density at radius 2 is 2.17 bits per heavy atom. The first-order chi connectivity index (χ1) is 8.66.